The minimum absolute atomic E-state index is 0.00570. The van der Waals surface area contributed by atoms with Gasteiger partial charge in [0.2, 0.25) is 0 Å². The van der Waals surface area contributed by atoms with Crippen molar-refractivity contribution in [3.8, 4) is 11.1 Å². The molecule has 2 rings (SSSR count). The third kappa shape index (κ3) is 2.33. The van der Waals surface area contributed by atoms with Crippen LogP contribution in [0.3, 0.4) is 0 Å². The summed E-state index contributed by atoms with van der Waals surface area (Å²) in [6, 6.07) is 4.04. The Bertz CT molecular complexity index is 672. The maximum absolute atomic E-state index is 13.7. The van der Waals surface area contributed by atoms with E-state index in [1.54, 1.807) is 0 Å². The highest BCUT2D eigenvalue weighted by Crippen LogP contribution is 2.34. The van der Waals surface area contributed by atoms with Crippen LogP contribution >= 0.6 is 0 Å². The maximum Gasteiger partial charge on any atom is 0.302 e. The summed E-state index contributed by atoms with van der Waals surface area (Å²) in [5.74, 6) is -1.42. The summed E-state index contributed by atoms with van der Waals surface area (Å²) in [5, 5.41) is 11.1. The second-order valence-electron chi connectivity index (χ2n) is 3.68. The van der Waals surface area contributed by atoms with Gasteiger partial charge in [0.15, 0.2) is 0 Å². The molecule has 1 heterocycles. The summed E-state index contributed by atoms with van der Waals surface area (Å²) in [6.45, 7) is 3.41. The third-order valence-electron chi connectivity index (χ3n) is 2.55. The molecule has 0 fully saturated rings. The average Bonchev–Trinajstić information content (AvgIpc) is 2.40. The van der Waals surface area contributed by atoms with Gasteiger partial charge in [0.1, 0.15) is 17.3 Å². The third-order valence-corrected chi connectivity index (χ3v) is 2.55. The zero-order chi connectivity index (χ0) is 14.0. The van der Waals surface area contributed by atoms with Gasteiger partial charge in [-0.05, 0) is 30.3 Å². The maximum atomic E-state index is 13.7. The summed E-state index contributed by atoms with van der Waals surface area (Å²) in [6.07, 6.45) is 2.47. The first kappa shape index (κ1) is 12.8. The van der Waals surface area contributed by atoms with Crippen molar-refractivity contribution in [2.24, 2.45) is 0 Å². The lowest BCUT2D eigenvalue weighted by molar-refractivity contribution is -0.384. The molecule has 2 aromatic rings. The lowest BCUT2D eigenvalue weighted by Crippen LogP contribution is -1.98. The predicted octanol–water partition coefficient (Wildman–Crippen LogP) is 3.58. The summed E-state index contributed by atoms with van der Waals surface area (Å²) in [4.78, 5) is 14.2. The number of hydrogen-bond donors (Lipinski definition) is 0. The zero-order valence-corrected chi connectivity index (χ0v) is 9.64. The van der Waals surface area contributed by atoms with Crippen molar-refractivity contribution in [3.05, 3.63) is 64.5 Å². The number of benzene rings is 1. The second-order valence-corrected chi connectivity index (χ2v) is 3.68. The van der Waals surface area contributed by atoms with Crippen LogP contribution in [-0.2, 0) is 0 Å². The fourth-order valence-corrected chi connectivity index (χ4v) is 1.73. The van der Waals surface area contributed by atoms with E-state index in [2.05, 4.69) is 11.6 Å². The molecule has 0 aliphatic heterocycles. The normalized spacial score (nSPS) is 10.2. The SMILES string of the molecule is C=Cc1nccc(-c2cc(F)ccc2F)c1[N+](=O)[O-]. The van der Waals surface area contributed by atoms with Crippen LogP contribution < -0.4 is 0 Å². The summed E-state index contributed by atoms with van der Waals surface area (Å²) in [5.41, 5.74) is -0.614. The molecule has 6 heteroatoms. The first-order chi connectivity index (χ1) is 9.04. The molecule has 0 aliphatic rings. The zero-order valence-electron chi connectivity index (χ0n) is 9.64. The molecule has 0 unspecified atom stereocenters. The molecule has 4 nitrogen and oxygen atoms in total. The van der Waals surface area contributed by atoms with Gasteiger partial charge in [0.05, 0.1) is 10.5 Å². The van der Waals surface area contributed by atoms with E-state index in [0.29, 0.717) is 0 Å². The van der Waals surface area contributed by atoms with E-state index in [9.17, 15) is 18.9 Å². The molecule has 0 atom stereocenters. The Morgan fingerprint density at radius 3 is 2.63 bits per heavy atom. The van der Waals surface area contributed by atoms with Gasteiger partial charge >= 0.3 is 5.69 Å². The molecule has 19 heavy (non-hydrogen) atoms. The van der Waals surface area contributed by atoms with Crippen LogP contribution in [0.25, 0.3) is 17.2 Å². The quantitative estimate of drug-likeness (QED) is 0.627. The van der Waals surface area contributed by atoms with Gasteiger partial charge in [-0.2, -0.15) is 0 Å². The van der Waals surface area contributed by atoms with Crippen LogP contribution in [-0.4, -0.2) is 9.91 Å². The topological polar surface area (TPSA) is 56.0 Å². The van der Waals surface area contributed by atoms with E-state index < -0.39 is 22.2 Å². The van der Waals surface area contributed by atoms with Crippen molar-refractivity contribution in [2.45, 2.75) is 0 Å². The van der Waals surface area contributed by atoms with Gasteiger partial charge in [-0.3, -0.25) is 10.1 Å². The largest absolute Gasteiger partial charge is 0.302 e. The first-order valence-electron chi connectivity index (χ1n) is 5.26. The van der Waals surface area contributed by atoms with E-state index >= 15 is 0 Å². The van der Waals surface area contributed by atoms with E-state index in [1.807, 2.05) is 0 Å². The van der Waals surface area contributed by atoms with Crippen LogP contribution in [0, 0.1) is 21.7 Å². The molecule has 0 N–H and O–H groups in total. The highest BCUT2D eigenvalue weighted by atomic mass is 19.1. The summed E-state index contributed by atoms with van der Waals surface area (Å²) >= 11 is 0. The Labute approximate surface area is 107 Å². The Morgan fingerprint density at radius 1 is 1.26 bits per heavy atom. The molecule has 0 saturated carbocycles. The molecule has 0 bridgehead atoms. The van der Waals surface area contributed by atoms with Crippen molar-refractivity contribution in [1.82, 2.24) is 4.98 Å². The number of pyridine rings is 1. The molecular formula is C13H8F2N2O2. The molecule has 1 aromatic carbocycles. The van der Waals surface area contributed by atoms with Crippen molar-refractivity contribution in [3.63, 3.8) is 0 Å². The first-order valence-corrected chi connectivity index (χ1v) is 5.26. The average molecular weight is 262 g/mol. The van der Waals surface area contributed by atoms with Gasteiger partial charge in [-0.25, -0.2) is 13.8 Å². The van der Waals surface area contributed by atoms with Gasteiger partial charge in [-0.1, -0.05) is 6.58 Å². The highest BCUT2D eigenvalue weighted by molar-refractivity contribution is 5.78. The van der Waals surface area contributed by atoms with Crippen LogP contribution in [0.15, 0.2) is 37.0 Å². The van der Waals surface area contributed by atoms with E-state index in [-0.39, 0.29) is 16.8 Å². The monoisotopic (exact) mass is 262 g/mol. The Balaban J connectivity index is 2.78. The van der Waals surface area contributed by atoms with Gasteiger partial charge in [0.25, 0.3) is 0 Å². The Morgan fingerprint density at radius 2 is 2.00 bits per heavy atom. The molecule has 0 amide bonds. The molecule has 0 aliphatic carbocycles. The number of rotatable bonds is 3. The van der Waals surface area contributed by atoms with Crippen molar-refractivity contribution in [2.75, 3.05) is 0 Å². The lowest BCUT2D eigenvalue weighted by atomic mass is 10.0. The van der Waals surface area contributed by atoms with E-state index in [0.717, 1.165) is 18.2 Å². The fraction of sp³-hybridized carbons (Fsp3) is 0. The van der Waals surface area contributed by atoms with Gasteiger partial charge in [-0.15, -0.1) is 0 Å². The van der Waals surface area contributed by atoms with Crippen LogP contribution in [0.5, 0.6) is 0 Å². The number of hydrogen-bond acceptors (Lipinski definition) is 3. The molecule has 0 spiro atoms. The minimum Gasteiger partial charge on any atom is -0.258 e. The van der Waals surface area contributed by atoms with Crippen molar-refractivity contribution < 1.29 is 13.7 Å². The van der Waals surface area contributed by atoms with Gasteiger partial charge < -0.3 is 0 Å². The van der Waals surface area contributed by atoms with Crippen LogP contribution in [0.2, 0.25) is 0 Å². The minimum atomic E-state index is -0.745. The van der Waals surface area contributed by atoms with E-state index in [4.69, 9.17) is 0 Å². The van der Waals surface area contributed by atoms with Crippen molar-refractivity contribution >= 4 is 11.8 Å². The lowest BCUT2D eigenvalue weighted by Gasteiger charge is -2.06. The fourth-order valence-electron chi connectivity index (χ4n) is 1.73. The van der Waals surface area contributed by atoms with Crippen LogP contribution in [0.4, 0.5) is 14.5 Å². The molecule has 96 valence electrons. The Hall–Kier alpha value is -2.63. The Kier molecular flexibility index (Phi) is 3.33. The van der Waals surface area contributed by atoms with Gasteiger partial charge in [0, 0.05) is 11.8 Å². The standard InChI is InChI=1S/C13H8F2N2O2/c1-2-12-13(17(18)19)9(5-6-16-12)10-7-8(14)3-4-11(10)15/h2-7H,1H2. The summed E-state index contributed by atoms with van der Waals surface area (Å²) < 4.78 is 26.9. The number of nitrogens with zero attached hydrogens (tertiary/aromatic N) is 2. The number of aromatic nitrogens is 1. The van der Waals surface area contributed by atoms with Crippen LogP contribution in [0.1, 0.15) is 5.69 Å². The molecular weight excluding hydrogens is 254 g/mol. The molecule has 0 saturated heterocycles. The second kappa shape index (κ2) is 4.93. The predicted molar refractivity (Wildman–Crippen MR) is 66.3 cm³/mol. The summed E-state index contributed by atoms with van der Waals surface area (Å²) in [7, 11) is 0. The van der Waals surface area contributed by atoms with E-state index in [1.165, 1.54) is 18.3 Å². The number of nitro groups is 1. The molecule has 1 aromatic heterocycles. The number of halogens is 2. The smallest absolute Gasteiger partial charge is 0.258 e. The highest BCUT2D eigenvalue weighted by Gasteiger charge is 2.22. The van der Waals surface area contributed by atoms with Crippen molar-refractivity contribution in [1.29, 1.82) is 0 Å². The molecule has 0 radical (unpaired) electrons.